The topological polar surface area (TPSA) is 35.8 Å². The van der Waals surface area contributed by atoms with Crippen molar-refractivity contribution in [3.05, 3.63) is 27.7 Å². The Balaban J connectivity index is 3.25. The molecular formula is C10H12Cl2N2O. The molecule has 1 aromatic carbocycles. The van der Waals surface area contributed by atoms with Crippen LogP contribution in [0.1, 0.15) is 12.5 Å². The lowest BCUT2D eigenvalue weighted by Gasteiger charge is -2.10. The molecule has 82 valence electrons. The Kier molecular flexibility index (Phi) is 3.83. The second-order valence-corrected chi connectivity index (χ2v) is 4.16. The van der Waals surface area contributed by atoms with Gasteiger partial charge in [-0.15, -0.1) is 0 Å². The Bertz CT molecular complexity index is 403. The fourth-order valence-electron chi connectivity index (χ4n) is 1.20. The zero-order valence-electron chi connectivity index (χ0n) is 8.75. The van der Waals surface area contributed by atoms with Crippen LogP contribution in [0.3, 0.4) is 0 Å². The van der Waals surface area contributed by atoms with Crippen molar-refractivity contribution >= 4 is 28.9 Å². The Morgan fingerprint density at radius 1 is 1.33 bits per heavy atom. The third-order valence-electron chi connectivity index (χ3n) is 1.77. The molecule has 1 aromatic rings. The Morgan fingerprint density at radius 3 is 2.47 bits per heavy atom. The molecule has 0 aliphatic heterocycles. The second-order valence-electron chi connectivity index (χ2n) is 3.32. The summed E-state index contributed by atoms with van der Waals surface area (Å²) in [5.74, 6) is 0.00386. The lowest BCUT2D eigenvalue weighted by molar-refractivity contribution is 0.436. The zero-order chi connectivity index (χ0) is 11.6. The van der Waals surface area contributed by atoms with E-state index in [4.69, 9.17) is 23.2 Å². The number of phenols is 1. The maximum absolute atomic E-state index is 9.72. The summed E-state index contributed by atoms with van der Waals surface area (Å²) in [5, 5.41) is 16.2. The first kappa shape index (κ1) is 12.1. The SMILES string of the molecule is C/C(=N\N(C)C)c1cc(Cl)cc(Cl)c1O. The van der Waals surface area contributed by atoms with Gasteiger partial charge >= 0.3 is 0 Å². The molecule has 3 nitrogen and oxygen atoms in total. The maximum Gasteiger partial charge on any atom is 0.143 e. The fourth-order valence-corrected chi connectivity index (χ4v) is 1.69. The Hall–Kier alpha value is -0.930. The van der Waals surface area contributed by atoms with Crippen LogP contribution in [0.2, 0.25) is 10.0 Å². The van der Waals surface area contributed by atoms with Crippen LogP contribution in [0.25, 0.3) is 0 Å². The first-order valence-corrected chi connectivity index (χ1v) is 5.08. The van der Waals surface area contributed by atoms with E-state index in [2.05, 4.69) is 5.10 Å². The van der Waals surface area contributed by atoms with Gasteiger partial charge < -0.3 is 10.1 Å². The van der Waals surface area contributed by atoms with Gasteiger partial charge in [0, 0.05) is 24.7 Å². The van der Waals surface area contributed by atoms with Gasteiger partial charge in [0.1, 0.15) is 5.75 Å². The van der Waals surface area contributed by atoms with E-state index in [1.54, 1.807) is 32.1 Å². The van der Waals surface area contributed by atoms with E-state index >= 15 is 0 Å². The van der Waals surface area contributed by atoms with E-state index in [1.807, 2.05) is 0 Å². The largest absolute Gasteiger partial charge is 0.506 e. The molecule has 1 rings (SSSR count). The van der Waals surface area contributed by atoms with Gasteiger partial charge in [0.2, 0.25) is 0 Å². The molecule has 0 atom stereocenters. The standard InChI is InChI=1S/C10H12Cl2N2O/c1-6(13-14(2)3)8-4-7(11)5-9(12)10(8)15/h4-5,15H,1-3H3/b13-6+. The number of hydrogen-bond acceptors (Lipinski definition) is 3. The predicted octanol–water partition coefficient (Wildman–Crippen LogP) is 2.98. The van der Waals surface area contributed by atoms with Crippen LogP contribution in [0, 0.1) is 0 Å². The van der Waals surface area contributed by atoms with Gasteiger partial charge in [-0.3, -0.25) is 0 Å². The minimum Gasteiger partial charge on any atom is -0.506 e. The lowest BCUT2D eigenvalue weighted by atomic mass is 10.1. The molecule has 0 spiro atoms. The molecule has 1 N–H and O–H groups in total. The summed E-state index contributed by atoms with van der Waals surface area (Å²) in [7, 11) is 3.60. The highest BCUT2D eigenvalue weighted by molar-refractivity contribution is 6.36. The van der Waals surface area contributed by atoms with Crippen molar-refractivity contribution in [1.82, 2.24) is 5.01 Å². The van der Waals surface area contributed by atoms with Gasteiger partial charge in [-0.2, -0.15) is 5.10 Å². The van der Waals surface area contributed by atoms with Crippen LogP contribution < -0.4 is 0 Å². The van der Waals surface area contributed by atoms with Crippen LogP contribution in [0.4, 0.5) is 0 Å². The van der Waals surface area contributed by atoms with Crippen molar-refractivity contribution in [2.45, 2.75) is 6.92 Å². The molecule has 0 saturated heterocycles. The summed E-state index contributed by atoms with van der Waals surface area (Å²) in [4.78, 5) is 0. The van der Waals surface area contributed by atoms with Crippen LogP contribution in [0.15, 0.2) is 17.2 Å². The lowest BCUT2D eigenvalue weighted by Crippen LogP contribution is -2.07. The summed E-state index contributed by atoms with van der Waals surface area (Å²) in [6.07, 6.45) is 0. The average Bonchev–Trinajstić information content (AvgIpc) is 2.09. The predicted molar refractivity (Wildman–Crippen MR) is 64.0 cm³/mol. The normalized spacial score (nSPS) is 11.7. The summed E-state index contributed by atoms with van der Waals surface area (Å²) < 4.78 is 0. The smallest absolute Gasteiger partial charge is 0.143 e. The molecule has 0 unspecified atom stereocenters. The maximum atomic E-state index is 9.72. The fraction of sp³-hybridized carbons (Fsp3) is 0.300. The molecule has 0 aliphatic carbocycles. The first-order valence-electron chi connectivity index (χ1n) is 4.32. The molecule has 0 amide bonds. The number of nitrogens with zero attached hydrogens (tertiary/aromatic N) is 2. The number of benzene rings is 1. The van der Waals surface area contributed by atoms with Gasteiger partial charge in [0.25, 0.3) is 0 Å². The van der Waals surface area contributed by atoms with Crippen molar-refractivity contribution in [1.29, 1.82) is 0 Å². The zero-order valence-corrected chi connectivity index (χ0v) is 10.3. The van der Waals surface area contributed by atoms with Gasteiger partial charge in [0.05, 0.1) is 10.7 Å². The molecular weight excluding hydrogens is 235 g/mol. The number of hydrogen-bond donors (Lipinski definition) is 1. The molecule has 0 aromatic heterocycles. The summed E-state index contributed by atoms with van der Waals surface area (Å²) in [6, 6.07) is 3.12. The molecule has 0 fully saturated rings. The van der Waals surface area contributed by atoms with Crippen molar-refractivity contribution in [3.63, 3.8) is 0 Å². The monoisotopic (exact) mass is 246 g/mol. The molecule has 0 radical (unpaired) electrons. The van der Waals surface area contributed by atoms with Crippen LogP contribution >= 0.6 is 23.2 Å². The molecule has 0 saturated carbocycles. The van der Waals surface area contributed by atoms with Crippen molar-refractivity contribution < 1.29 is 5.11 Å². The van der Waals surface area contributed by atoms with E-state index in [0.29, 0.717) is 16.3 Å². The van der Waals surface area contributed by atoms with Gasteiger partial charge in [-0.05, 0) is 19.1 Å². The van der Waals surface area contributed by atoms with E-state index in [0.717, 1.165) is 0 Å². The van der Waals surface area contributed by atoms with Crippen molar-refractivity contribution in [3.8, 4) is 5.75 Å². The molecule has 0 heterocycles. The van der Waals surface area contributed by atoms with E-state index in [-0.39, 0.29) is 10.8 Å². The summed E-state index contributed by atoms with van der Waals surface area (Å²) >= 11 is 11.6. The van der Waals surface area contributed by atoms with Gasteiger partial charge in [-0.1, -0.05) is 23.2 Å². The average molecular weight is 247 g/mol. The summed E-state index contributed by atoms with van der Waals surface area (Å²) in [6.45, 7) is 1.78. The third kappa shape index (κ3) is 3.01. The van der Waals surface area contributed by atoms with E-state index in [1.165, 1.54) is 6.07 Å². The highest BCUT2D eigenvalue weighted by Crippen LogP contribution is 2.31. The summed E-state index contributed by atoms with van der Waals surface area (Å²) in [5.41, 5.74) is 1.20. The first-order chi connectivity index (χ1) is 6.91. The number of phenolic OH excluding ortho intramolecular Hbond substituents is 1. The Morgan fingerprint density at radius 2 is 1.93 bits per heavy atom. The molecule has 0 aliphatic rings. The molecule has 0 bridgehead atoms. The van der Waals surface area contributed by atoms with Crippen molar-refractivity contribution in [2.75, 3.05) is 14.1 Å². The van der Waals surface area contributed by atoms with Crippen LogP contribution in [-0.2, 0) is 0 Å². The Labute approximate surface area is 98.9 Å². The number of rotatable bonds is 2. The molecule has 5 heteroatoms. The highest BCUT2D eigenvalue weighted by Gasteiger charge is 2.10. The van der Waals surface area contributed by atoms with Crippen molar-refractivity contribution in [2.24, 2.45) is 5.10 Å². The van der Waals surface area contributed by atoms with Crippen LogP contribution in [-0.4, -0.2) is 29.9 Å². The number of halogens is 2. The molecule has 15 heavy (non-hydrogen) atoms. The number of hydrazone groups is 1. The van der Waals surface area contributed by atoms with E-state index < -0.39 is 0 Å². The third-order valence-corrected chi connectivity index (χ3v) is 2.27. The van der Waals surface area contributed by atoms with Gasteiger partial charge in [0.15, 0.2) is 0 Å². The highest BCUT2D eigenvalue weighted by atomic mass is 35.5. The van der Waals surface area contributed by atoms with E-state index in [9.17, 15) is 5.11 Å². The minimum atomic E-state index is 0.00386. The van der Waals surface area contributed by atoms with Gasteiger partial charge in [-0.25, -0.2) is 0 Å². The minimum absolute atomic E-state index is 0.00386. The number of aromatic hydroxyl groups is 1. The van der Waals surface area contributed by atoms with Crippen LogP contribution in [0.5, 0.6) is 5.75 Å². The quantitative estimate of drug-likeness (QED) is 0.644. The second kappa shape index (κ2) is 4.73.